The van der Waals surface area contributed by atoms with E-state index in [4.69, 9.17) is 22.1 Å². The largest absolute Gasteiger partial charge is 0.495 e. The van der Waals surface area contributed by atoms with Gasteiger partial charge in [-0.05, 0) is 30.3 Å². The third kappa shape index (κ3) is 3.38. The van der Waals surface area contributed by atoms with Gasteiger partial charge in [-0.25, -0.2) is 4.79 Å². The number of nitrogens with two attached hydrogens (primary N) is 1. The van der Waals surface area contributed by atoms with Crippen LogP contribution < -0.4 is 15.8 Å². The molecular weight excluding hydrogens is 292 g/mol. The van der Waals surface area contributed by atoms with E-state index in [9.17, 15) is 4.79 Å². The zero-order valence-electron chi connectivity index (χ0n) is 11.6. The van der Waals surface area contributed by atoms with Crippen LogP contribution >= 0.6 is 11.6 Å². The molecule has 0 bridgehead atoms. The van der Waals surface area contributed by atoms with Crippen molar-refractivity contribution in [2.75, 3.05) is 25.3 Å². The van der Waals surface area contributed by atoms with E-state index in [0.717, 1.165) is 5.69 Å². The van der Waals surface area contributed by atoms with Crippen LogP contribution in [0.4, 0.5) is 17.1 Å². The summed E-state index contributed by atoms with van der Waals surface area (Å²) in [7, 11) is 2.87. The summed E-state index contributed by atoms with van der Waals surface area (Å²) in [6, 6.07) is 10.1. The first-order valence-corrected chi connectivity index (χ1v) is 6.51. The average molecular weight is 307 g/mol. The number of hydrogen-bond donors (Lipinski definition) is 2. The van der Waals surface area contributed by atoms with Gasteiger partial charge in [-0.1, -0.05) is 11.6 Å². The quantitative estimate of drug-likeness (QED) is 0.668. The highest BCUT2D eigenvalue weighted by atomic mass is 35.5. The van der Waals surface area contributed by atoms with Crippen molar-refractivity contribution in [2.45, 2.75) is 0 Å². The summed E-state index contributed by atoms with van der Waals surface area (Å²) in [5.74, 6) is 0.121. The molecule has 0 aliphatic rings. The molecule has 0 aliphatic heterocycles. The standard InChI is InChI=1S/C15H15ClN2O3/c1-20-14-8-10(4-5-11(14)16)18-13-7-9(15(19)21-2)3-6-12(13)17/h3-8,18H,17H2,1-2H3. The Labute approximate surface area is 127 Å². The lowest BCUT2D eigenvalue weighted by atomic mass is 10.1. The molecule has 0 saturated carbocycles. The minimum Gasteiger partial charge on any atom is -0.495 e. The van der Waals surface area contributed by atoms with Crippen molar-refractivity contribution in [1.82, 2.24) is 0 Å². The van der Waals surface area contributed by atoms with Crippen LogP contribution in [0.25, 0.3) is 0 Å². The second-order valence-electron chi connectivity index (χ2n) is 4.27. The molecule has 110 valence electrons. The summed E-state index contributed by atoms with van der Waals surface area (Å²) >= 11 is 5.98. The second-order valence-corrected chi connectivity index (χ2v) is 4.68. The molecule has 0 radical (unpaired) electrons. The maximum Gasteiger partial charge on any atom is 0.337 e. The fourth-order valence-electron chi connectivity index (χ4n) is 1.80. The molecule has 2 aromatic carbocycles. The molecule has 2 aromatic rings. The average Bonchev–Trinajstić information content (AvgIpc) is 2.50. The number of carbonyl (C=O) groups excluding carboxylic acids is 1. The van der Waals surface area contributed by atoms with Crippen LogP contribution in [0.15, 0.2) is 36.4 Å². The van der Waals surface area contributed by atoms with Gasteiger partial charge in [0.1, 0.15) is 5.75 Å². The summed E-state index contributed by atoms with van der Waals surface area (Å²) in [4.78, 5) is 11.5. The third-order valence-corrected chi connectivity index (χ3v) is 3.22. The molecule has 0 saturated heterocycles. The number of esters is 1. The molecule has 5 nitrogen and oxygen atoms in total. The minimum atomic E-state index is -0.424. The molecule has 6 heteroatoms. The Bertz CT molecular complexity index is 674. The molecule has 0 aliphatic carbocycles. The van der Waals surface area contributed by atoms with E-state index >= 15 is 0 Å². The van der Waals surface area contributed by atoms with Crippen LogP contribution in [-0.4, -0.2) is 20.2 Å². The van der Waals surface area contributed by atoms with Crippen LogP contribution in [0.5, 0.6) is 5.75 Å². The Balaban J connectivity index is 2.32. The number of nitrogen functional groups attached to an aromatic ring is 1. The van der Waals surface area contributed by atoms with Crippen molar-refractivity contribution < 1.29 is 14.3 Å². The number of ether oxygens (including phenoxy) is 2. The lowest BCUT2D eigenvalue weighted by Gasteiger charge is -2.12. The Morgan fingerprint density at radius 3 is 2.62 bits per heavy atom. The van der Waals surface area contributed by atoms with Crippen molar-refractivity contribution in [3.8, 4) is 5.75 Å². The number of hydrogen-bond acceptors (Lipinski definition) is 5. The molecular formula is C15H15ClN2O3. The van der Waals surface area contributed by atoms with Gasteiger partial charge in [0.05, 0.1) is 36.2 Å². The third-order valence-electron chi connectivity index (χ3n) is 2.90. The van der Waals surface area contributed by atoms with E-state index in [1.807, 2.05) is 0 Å². The first-order valence-electron chi connectivity index (χ1n) is 6.13. The van der Waals surface area contributed by atoms with Crippen molar-refractivity contribution in [1.29, 1.82) is 0 Å². The Kier molecular flexibility index (Phi) is 4.55. The molecule has 0 amide bonds. The summed E-state index contributed by atoms with van der Waals surface area (Å²) in [5, 5.41) is 3.64. The van der Waals surface area contributed by atoms with Gasteiger partial charge >= 0.3 is 5.97 Å². The van der Waals surface area contributed by atoms with Gasteiger partial charge in [-0.15, -0.1) is 0 Å². The Morgan fingerprint density at radius 2 is 1.95 bits per heavy atom. The first-order chi connectivity index (χ1) is 10.0. The molecule has 0 spiro atoms. The second kappa shape index (κ2) is 6.37. The lowest BCUT2D eigenvalue weighted by Crippen LogP contribution is -2.04. The maximum absolute atomic E-state index is 11.5. The number of halogens is 1. The predicted molar refractivity (Wildman–Crippen MR) is 83.5 cm³/mol. The molecule has 0 fully saturated rings. The number of rotatable bonds is 4. The van der Waals surface area contributed by atoms with Crippen molar-refractivity contribution in [2.24, 2.45) is 0 Å². The number of nitrogens with one attached hydrogen (secondary N) is 1. The summed E-state index contributed by atoms with van der Waals surface area (Å²) in [5.41, 5.74) is 8.17. The van der Waals surface area contributed by atoms with Gasteiger partial charge in [-0.3, -0.25) is 0 Å². The van der Waals surface area contributed by atoms with Crippen LogP contribution in [0.1, 0.15) is 10.4 Å². The fourth-order valence-corrected chi connectivity index (χ4v) is 2.00. The minimum absolute atomic E-state index is 0.412. The van der Waals surface area contributed by atoms with Gasteiger partial charge in [0.2, 0.25) is 0 Å². The van der Waals surface area contributed by atoms with Crippen molar-refractivity contribution in [3.05, 3.63) is 47.0 Å². The van der Waals surface area contributed by atoms with E-state index < -0.39 is 5.97 Å². The topological polar surface area (TPSA) is 73.6 Å². The highest BCUT2D eigenvalue weighted by molar-refractivity contribution is 6.32. The van der Waals surface area contributed by atoms with E-state index in [1.54, 1.807) is 36.4 Å². The van der Waals surface area contributed by atoms with Gasteiger partial charge in [0.25, 0.3) is 0 Å². The van der Waals surface area contributed by atoms with E-state index in [2.05, 4.69) is 10.1 Å². The SMILES string of the molecule is COC(=O)c1ccc(N)c(Nc2ccc(Cl)c(OC)c2)c1. The highest BCUT2D eigenvalue weighted by Crippen LogP contribution is 2.31. The summed E-state index contributed by atoms with van der Waals surface area (Å²) in [6.45, 7) is 0. The Morgan fingerprint density at radius 1 is 1.19 bits per heavy atom. The van der Waals surface area contributed by atoms with E-state index in [0.29, 0.717) is 27.7 Å². The smallest absolute Gasteiger partial charge is 0.337 e. The zero-order valence-corrected chi connectivity index (χ0v) is 12.4. The molecule has 0 aromatic heterocycles. The van der Waals surface area contributed by atoms with Crippen LogP contribution in [0.3, 0.4) is 0 Å². The van der Waals surface area contributed by atoms with Crippen molar-refractivity contribution in [3.63, 3.8) is 0 Å². The van der Waals surface area contributed by atoms with Crippen LogP contribution in [-0.2, 0) is 4.74 Å². The fraction of sp³-hybridized carbons (Fsp3) is 0.133. The van der Waals surface area contributed by atoms with Gasteiger partial charge in [0.15, 0.2) is 0 Å². The summed E-state index contributed by atoms with van der Waals surface area (Å²) in [6.07, 6.45) is 0. The normalized spacial score (nSPS) is 10.0. The molecule has 0 atom stereocenters. The van der Waals surface area contributed by atoms with E-state index in [1.165, 1.54) is 14.2 Å². The number of carbonyl (C=O) groups is 1. The maximum atomic E-state index is 11.5. The monoisotopic (exact) mass is 306 g/mol. The molecule has 3 N–H and O–H groups in total. The number of benzene rings is 2. The number of anilines is 3. The molecule has 21 heavy (non-hydrogen) atoms. The van der Waals surface area contributed by atoms with Crippen LogP contribution in [0, 0.1) is 0 Å². The Hall–Kier alpha value is -2.40. The van der Waals surface area contributed by atoms with Gasteiger partial charge in [-0.2, -0.15) is 0 Å². The molecule has 2 rings (SSSR count). The lowest BCUT2D eigenvalue weighted by molar-refractivity contribution is 0.0601. The van der Waals surface area contributed by atoms with Gasteiger partial charge in [0, 0.05) is 11.8 Å². The molecule has 0 unspecified atom stereocenters. The van der Waals surface area contributed by atoms with E-state index in [-0.39, 0.29) is 0 Å². The predicted octanol–water partition coefficient (Wildman–Crippen LogP) is 3.46. The highest BCUT2D eigenvalue weighted by Gasteiger charge is 2.09. The summed E-state index contributed by atoms with van der Waals surface area (Å²) < 4.78 is 9.84. The first kappa shape index (κ1) is 15.0. The zero-order chi connectivity index (χ0) is 15.4. The van der Waals surface area contributed by atoms with Crippen LogP contribution in [0.2, 0.25) is 5.02 Å². The van der Waals surface area contributed by atoms with Crippen molar-refractivity contribution >= 4 is 34.6 Å². The van der Waals surface area contributed by atoms with Gasteiger partial charge < -0.3 is 20.5 Å². The molecule has 0 heterocycles. The number of methoxy groups -OCH3 is 2.